The molecule has 0 saturated carbocycles. The van der Waals surface area contributed by atoms with Gasteiger partial charge in [0.1, 0.15) is 11.3 Å². The lowest BCUT2D eigenvalue weighted by molar-refractivity contribution is 0.0159. The number of anilines is 1. The van der Waals surface area contributed by atoms with Gasteiger partial charge < -0.3 is 14.5 Å². The van der Waals surface area contributed by atoms with Crippen LogP contribution in [0.2, 0.25) is 0 Å². The highest BCUT2D eigenvalue weighted by Gasteiger charge is 2.30. The Bertz CT molecular complexity index is 1080. The molecule has 0 spiro atoms. The predicted molar refractivity (Wildman–Crippen MR) is 129 cm³/mol. The van der Waals surface area contributed by atoms with Crippen LogP contribution in [-0.2, 0) is 4.74 Å². The zero-order valence-electron chi connectivity index (χ0n) is 18.8. The Morgan fingerprint density at radius 2 is 1.72 bits per heavy atom. The maximum atomic E-state index is 12.5. The van der Waals surface area contributed by atoms with E-state index >= 15 is 0 Å². The Balaban J connectivity index is 1.44. The van der Waals surface area contributed by atoms with Gasteiger partial charge in [0.25, 0.3) is 0 Å². The number of carbonyl (C=O) groups excluding carboxylic acids is 1. The minimum absolute atomic E-state index is 0.0725. The number of nitrogens with zero attached hydrogens (tertiary/aromatic N) is 5. The average molecular weight is 498 g/mol. The lowest BCUT2D eigenvalue weighted by Gasteiger charge is -2.41. The molecule has 168 valence electrons. The molecular weight excluding hydrogens is 470 g/mol. The van der Waals surface area contributed by atoms with Crippen molar-refractivity contribution < 1.29 is 9.53 Å². The average Bonchev–Trinajstić information content (AvgIpc) is 3.15. The van der Waals surface area contributed by atoms with Gasteiger partial charge in [0.05, 0.1) is 10.2 Å². The topological polar surface area (TPSA) is 63.5 Å². The Morgan fingerprint density at radius 1 is 1.06 bits per heavy atom. The van der Waals surface area contributed by atoms with E-state index in [9.17, 15) is 4.79 Å². The van der Waals surface area contributed by atoms with Crippen LogP contribution in [0.25, 0.3) is 16.9 Å². The molecule has 2 aromatic heterocycles. The summed E-state index contributed by atoms with van der Waals surface area (Å²) in [6, 6.07) is 12.3. The number of piperazine rings is 1. The molecule has 32 heavy (non-hydrogen) atoms. The van der Waals surface area contributed by atoms with Gasteiger partial charge >= 0.3 is 6.09 Å². The zero-order chi connectivity index (χ0) is 22.9. The number of pyridine rings is 1. The van der Waals surface area contributed by atoms with Crippen LogP contribution < -0.4 is 4.90 Å². The molecule has 8 heteroatoms. The normalized spacial score (nSPS) is 16.8. The molecule has 3 heterocycles. The number of halogens is 1. The van der Waals surface area contributed by atoms with Crippen molar-refractivity contribution in [1.82, 2.24) is 19.7 Å². The lowest BCUT2D eigenvalue weighted by Crippen LogP contribution is -2.55. The lowest BCUT2D eigenvalue weighted by atomic mass is 10.1. The second kappa shape index (κ2) is 8.94. The van der Waals surface area contributed by atoms with Crippen LogP contribution in [0.3, 0.4) is 0 Å². The third-order valence-electron chi connectivity index (χ3n) is 5.36. The van der Waals surface area contributed by atoms with E-state index in [0.717, 1.165) is 40.2 Å². The molecular formula is C24H28BrN5O2. The van der Waals surface area contributed by atoms with E-state index in [0.29, 0.717) is 6.54 Å². The zero-order valence-corrected chi connectivity index (χ0v) is 20.4. The van der Waals surface area contributed by atoms with Crippen LogP contribution in [0.5, 0.6) is 0 Å². The molecule has 1 aliphatic rings. The second-order valence-corrected chi connectivity index (χ2v) is 9.85. The molecule has 1 atom stereocenters. The number of amides is 1. The van der Waals surface area contributed by atoms with Gasteiger partial charge in [-0.15, -0.1) is 0 Å². The van der Waals surface area contributed by atoms with Gasteiger partial charge in [0, 0.05) is 55.5 Å². The molecule has 1 fully saturated rings. The SMILES string of the molecule is C[C@@H]1CN(c2ccc(-n3cc(Br)c(-c4ccncc4)n3)cc2)CCN1C(=O)OC(C)(C)C. The van der Waals surface area contributed by atoms with E-state index in [2.05, 4.69) is 57.0 Å². The van der Waals surface area contributed by atoms with Crippen LogP contribution in [0.4, 0.5) is 10.5 Å². The molecule has 0 aliphatic carbocycles. The Kier molecular flexibility index (Phi) is 6.24. The molecule has 0 N–H and O–H groups in total. The van der Waals surface area contributed by atoms with Gasteiger partial charge in [-0.25, -0.2) is 9.48 Å². The van der Waals surface area contributed by atoms with Crippen LogP contribution in [0.1, 0.15) is 27.7 Å². The fourth-order valence-corrected chi connectivity index (χ4v) is 4.29. The van der Waals surface area contributed by atoms with E-state index in [1.165, 1.54) is 0 Å². The molecule has 7 nitrogen and oxygen atoms in total. The van der Waals surface area contributed by atoms with Crippen molar-refractivity contribution in [2.24, 2.45) is 0 Å². The van der Waals surface area contributed by atoms with E-state index in [1.807, 2.05) is 48.7 Å². The third-order valence-corrected chi connectivity index (χ3v) is 5.94. The summed E-state index contributed by atoms with van der Waals surface area (Å²) >= 11 is 3.62. The van der Waals surface area contributed by atoms with E-state index in [1.54, 1.807) is 12.4 Å². The largest absolute Gasteiger partial charge is 0.444 e. The summed E-state index contributed by atoms with van der Waals surface area (Å²) < 4.78 is 8.35. The number of rotatable bonds is 3. The van der Waals surface area contributed by atoms with Crippen LogP contribution in [-0.4, -0.2) is 57.0 Å². The summed E-state index contributed by atoms with van der Waals surface area (Å²) in [6.45, 7) is 9.91. The monoisotopic (exact) mass is 497 g/mol. The maximum absolute atomic E-state index is 12.5. The van der Waals surface area contributed by atoms with Crippen LogP contribution in [0.15, 0.2) is 59.5 Å². The maximum Gasteiger partial charge on any atom is 0.410 e. The highest BCUT2D eigenvalue weighted by Crippen LogP contribution is 2.28. The van der Waals surface area contributed by atoms with Crippen molar-refractivity contribution in [2.45, 2.75) is 39.3 Å². The number of aromatic nitrogens is 3. The highest BCUT2D eigenvalue weighted by atomic mass is 79.9. The molecule has 0 bridgehead atoms. The fraction of sp³-hybridized carbons (Fsp3) is 0.375. The first-order valence-electron chi connectivity index (χ1n) is 10.7. The molecule has 1 aliphatic heterocycles. The van der Waals surface area contributed by atoms with Crippen molar-refractivity contribution in [1.29, 1.82) is 0 Å². The third kappa shape index (κ3) is 4.96. The van der Waals surface area contributed by atoms with Crippen molar-refractivity contribution in [3.05, 3.63) is 59.5 Å². The first-order chi connectivity index (χ1) is 15.2. The molecule has 1 amide bonds. The Morgan fingerprint density at radius 3 is 2.34 bits per heavy atom. The van der Waals surface area contributed by atoms with Crippen molar-refractivity contribution >= 4 is 27.7 Å². The van der Waals surface area contributed by atoms with Gasteiger partial charge in [-0.2, -0.15) is 5.10 Å². The molecule has 0 radical (unpaired) electrons. The summed E-state index contributed by atoms with van der Waals surface area (Å²) in [5.41, 5.74) is 3.52. The number of hydrogen-bond donors (Lipinski definition) is 0. The highest BCUT2D eigenvalue weighted by molar-refractivity contribution is 9.10. The number of ether oxygens (including phenoxy) is 1. The minimum atomic E-state index is -0.484. The van der Waals surface area contributed by atoms with E-state index < -0.39 is 5.60 Å². The standard InChI is InChI=1S/C24H28BrN5O2/c1-17-15-28(13-14-29(17)23(31)32-24(2,3)4)19-5-7-20(8-6-19)30-16-21(25)22(27-30)18-9-11-26-12-10-18/h5-12,16-17H,13-15H2,1-4H3/t17-/m1/s1. The molecule has 3 aromatic rings. The van der Waals surface area contributed by atoms with E-state index in [4.69, 9.17) is 9.84 Å². The van der Waals surface area contributed by atoms with E-state index in [-0.39, 0.29) is 12.1 Å². The number of hydrogen-bond acceptors (Lipinski definition) is 5. The summed E-state index contributed by atoms with van der Waals surface area (Å²) in [6.07, 6.45) is 5.25. The summed E-state index contributed by atoms with van der Waals surface area (Å²) in [5, 5.41) is 4.73. The Hall–Kier alpha value is -2.87. The fourth-order valence-electron chi connectivity index (χ4n) is 3.79. The molecule has 1 aromatic carbocycles. The Labute approximate surface area is 197 Å². The first kappa shape index (κ1) is 22.3. The first-order valence-corrected chi connectivity index (χ1v) is 11.5. The van der Waals surface area contributed by atoms with Gasteiger partial charge in [-0.3, -0.25) is 4.98 Å². The van der Waals surface area contributed by atoms with Gasteiger partial charge in [-0.05, 0) is 80.0 Å². The molecule has 0 unspecified atom stereocenters. The smallest absolute Gasteiger partial charge is 0.410 e. The van der Waals surface area contributed by atoms with Gasteiger partial charge in [0.2, 0.25) is 0 Å². The summed E-state index contributed by atoms with van der Waals surface area (Å²) in [7, 11) is 0. The number of benzene rings is 1. The molecule has 1 saturated heterocycles. The minimum Gasteiger partial charge on any atom is -0.444 e. The second-order valence-electron chi connectivity index (χ2n) is 8.99. The van der Waals surface area contributed by atoms with Crippen molar-refractivity contribution in [2.75, 3.05) is 24.5 Å². The summed E-state index contributed by atoms with van der Waals surface area (Å²) in [5.74, 6) is 0. The van der Waals surface area contributed by atoms with Crippen molar-refractivity contribution in [3.63, 3.8) is 0 Å². The quantitative estimate of drug-likeness (QED) is 0.500. The van der Waals surface area contributed by atoms with Crippen molar-refractivity contribution in [3.8, 4) is 16.9 Å². The predicted octanol–water partition coefficient (Wildman–Crippen LogP) is 5.14. The van der Waals surface area contributed by atoms with Crippen LogP contribution >= 0.6 is 15.9 Å². The van der Waals surface area contributed by atoms with Gasteiger partial charge in [-0.1, -0.05) is 0 Å². The number of carbonyl (C=O) groups is 1. The van der Waals surface area contributed by atoms with Gasteiger partial charge in [0.15, 0.2) is 0 Å². The van der Waals surface area contributed by atoms with Crippen LogP contribution in [0, 0.1) is 0 Å². The molecule has 4 rings (SSSR count). The summed E-state index contributed by atoms with van der Waals surface area (Å²) in [4.78, 5) is 20.7.